The monoisotopic (exact) mass is 474 g/mol. The van der Waals surface area contributed by atoms with Crippen molar-refractivity contribution in [1.82, 2.24) is 0 Å². The summed E-state index contributed by atoms with van der Waals surface area (Å²) in [5.74, 6) is 0.796. The highest BCUT2D eigenvalue weighted by atomic mass is 35.5. The largest absolute Gasteiger partial charge is 0.399 e. The van der Waals surface area contributed by atoms with Crippen molar-refractivity contribution in [2.75, 3.05) is 23.5 Å². The molecule has 2 aromatic carbocycles. The molecule has 0 radical (unpaired) electrons. The van der Waals surface area contributed by atoms with E-state index in [1.165, 1.54) is 24.2 Å². The minimum atomic E-state index is -1.09. The van der Waals surface area contributed by atoms with Gasteiger partial charge in [0.05, 0.1) is 16.1 Å². The Morgan fingerprint density at radius 1 is 0.806 bits per heavy atom. The molecule has 0 unspecified atom stereocenters. The Morgan fingerprint density at radius 3 is 1.65 bits per heavy atom. The maximum absolute atomic E-state index is 5.55. The first kappa shape index (κ1) is 29.2. The predicted octanol–water partition coefficient (Wildman–Crippen LogP) is 8.24. The fraction of sp³-hybridized carbons (Fsp3) is 0.385. The van der Waals surface area contributed by atoms with Gasteiger partial charge in [0.15, 0.2) is 0 Å². The number of nitrogens with one attached hydrogen (secondary N) is 1. The number of alkyl halides is 1. The lowest BCUT2D eigenvalue weighted by atomic mass is 10.3. The second-order valence-corrected chi connectivity index (χ2v) is 19.1. The number of nitrogen functional groups attached to an aromatic ring is 1. The molecule has 2 aromatic rings. The van der Waals surface area contributed by atoms with Crippen molar-refractivity contribution in [3.05, 3.63) is 85.2 Å². The molecule has 0 bridgehead atoms. The topological polar surface area (TPSA) is 38.0 Å². The number of hydrogen-bond donors (Lipinski definition) is 2. The first-order valence-electron chi connectivity index (χ1n) is 11.1. The number of halogens is 1. The lowest BCUT2D eigenvalue weighted by Gasteiger charge is -2.16. The molecule has 0 atom stereocenters. The van der Waals surface area contributed by atoms with Crippen molar-refractivity contribution in [3.8, 4) is 0 Å². The average Bonchev–Trinajstić information content (AvgIpc) is 2.77. The Morgan fingerprint density at radius 2 is 1.26 bits per heavy atom. The summed E-state index contributed by atoms with van der Waals surface area (Å²) in [7, 11) is -2.11. The molecule has 0 aliphatic carbocycles. The van der Waals surface area contributed by atoms with E-state index >= 15 is 0 Å². The van der Waals surface area contributed by atoms with E-state index in [4.69, 9.17) is 17.3 Å². The van der Waals surface area contributed by atoms with Crippen LogP contribution in [0.5, 0.6) is 0 Å². The average molecular weight is 475 g/mol. The van der Waals surface area contributed by atoms with Crippen molar-refractivity contribution < 1.29 is 0 Å². The van der Waals surface area contributed by atoms with Gasteiger partial charge in [0.1, 0.15) is 0 Å². The smallest absolute Gasteiger partial charge is 0.0710 e. The van der Waals surface area contributed by atoms with E-state index in [9.17, 15) is 0 Å². The highest BCUT2D eigenvalue weighted by molar-refractivity contribution is 6.82. The third kappa shape index (κ3) is 17.6. The second-order valence-electron chi connectivity index (χ2n) is 8.98. The van der Waals surface area contributed by atoms with E-state index in [-0.39, 0.29) is 0 Å². The second kappa shape index (κ2) is 16.9. The molecule has 172 valence electrons. The molecule has 3 N–H and O–H groups in total. The molecule has 0 aliphatic rings. The molecule has 2 nitrogen and oxygen atoms in total. The fourth-order valence-electron chi connectivity index (χ4n) is 2.51. The first-order valence-corrected chi connectivity index (χ1v) is 18.2. The fourth-order valence-corrected chi connectivity index (χ4v) is 5.45. The van der Waals surface area contributed by atoms with Gasteiger partial charge in [-0.3, -0.25) is 0 Å². The van der Waals surface area contributed by atoms with Crippen molar-refractivity contribution in [1.29, 1.82) is 0 Å². The zero-order valence-corrected chi connectivity index (χ0v) is 22.8. The molecular weight excluding hydrogens is 432 g/mol. The Kier molecular flexibility index (Phi) is 15.9. The lowest BCUT2D eigenvalue weighted by Crippen LogP contribution is -2.22. The predicted molar refractivity (Wildman–Crippen MR) is 151 cm³/mol. The molecule has 0 saturated heterocycles. The molecule has 0 aliphatic heterocycles. The summed E-state index contributed by atoms with van der Waals surface area (Å²) in [6, 6.07) is 22.5. The van der Waals surface area contributed by atoms with Gasteiger partial charge >= 0.3 is 0 Å². The SMILES string of the molecule is C=C[Si](C)(C)CCCCl.C=C[Si](C)(C)CCCNc1ccccc1.Nc1ccccc1. The summed E-state index contributed by atoms with van der Waals surface area (Å²) in [4.78, 5) is 0. The van der Waals surface area contributed by atoms with Crippen LogP contribution in [0.15, 0.2) is 85.2 Å². The van der Waals surface area contributed by atoms with Gasteiger partial charge in [-0.15, -0.1) is 36.2 Å². The van der Waals surface area contributed by atoms with Crippen LogP contribution in [-0.4, -0.2) is 28.6 Å². The van der Waals surface area contributed by atoms with Crippen LogP contribution < -0.4 is 11.1 Å². The molecule has 0 aromatic heterocycles. The maximum atomic E-state index is 5.55. The Hall–Kier alpha value is -1.76. The molecule has 2 rings (SSSR count). The molecule has 0 saturated carbocycles. The Bertz CT molecular complexity index is 704. The third-order valence-corrected chi connectivity index (χ3v) is 10.7. The quantitative estimate of drug-likeness (QED) is 0.157. The van der Waals surface area contributed by atoms with Crippen molar-refractivity contribution in [2.24, 2.45) is 0 Å². The summed E-state index contributed by atoms with van der Waals surface area (Å²) < 4.78 is 0. The van der Waals surface area contributed by atoms with Crippen molar-refractivity contribution in [3.63, 3.8) is 0 Å². The summed E-state index contributed by atoms with van der Waals surface area (Å²) in [5, 5.41) is 3.43. The van der Waals surface area contributed by atoms with E-state index in [1.807, 2.05) is 36.4 Å². The van der Waals surface area contributed by atoms with Crippen LogP contribution in [-0.2, 0) is 0 Å². The van der Waals surface area contributed by atoms with Crippen LogP contribution in [0.25, 0.3) is 0 Å². The number of para-hydroxylation sites is 2. The number of anilines is 2. The minimum absolute atomic E-state index is 0.796. The first-order chi connectivity index (χ1) is 14.7. The van der Waals surface area contributed by atoms with Gasteiger partial charge in [-0.1, -0.05) is 74.7 Å². The van der Waals surface area contributed by atoms with Gasteiger partial charge in [0.2, 0.25) is 0 Å². The van der Waals surface area contributed by atoms with E-state index in [0.29, 0.717) is 0 Å². The van der Waals surface area contributed by atoms with E-state index in [0.717, 1.165) is 24.5 Å². The van der Waals surface area contributed by atoms with Crippen molar-refractivity contribution in [2.45, 2.75) is 51.1 Å². The number of nitrogens with two attached hydrogens (primary N) is 1. The van der Waals surface area contributed by atoms with Crippen LogP contribution in [0.2, 0.25) is 38.3 Å². The molecule has 5 heteroatoms. The van der Waals surface area contributed by atoms with Crippen molar-refractivity contribution >= 4 is 39.1 Å². The van der Waals surface area contributed by atoms with E-state index in [2.05, 4.69) is 80.3 Å². The Balaban J connectivity index is 0.000000478. The number of benzene rings is 2. The van der Waals surface area contributed by atoms with Crippen LogP contribution in [0, 0.1) is 0 Å². The van der Waals surface area contributed by atoms with Gasteiger partial charge in [-0.25, -0.2) is 0 Å². The molecule has 31 heavy (non-hydrogen) atoms. The summed E-state index contributed by atoms with van der Waals surface area (Å²) in [6.07, 6.45) is 2.38. The Labute approximate surface area is 198 Å². The minimum Gasteiger partial charge on any atom is -0.399 e. The zero-order valence-electron chi connectivity index (χ0n) is 20.0. The number of rotatable bonds is 10. The summed E-state index contributed by atoms with van der Waals surface area (Å²) >= 11 is 5.55. The highest BCUT2D eigenvalue weighted by Crippen LogP contribution is 2.14. The summed E-state index contributed by atoms with van der Waals surface area (Å²) in [6.45, 7) is 18.1. The van der Waals surface area contributed by atoms with Gasteiger partial charge in [0, 0.05) is 23.8 Å². The van der Waals surface area contributed by atoms with Gasteiger partial charge < -0.3 is 11.1 Å². The third-order valence-electron chi connectivity index (χ3n) is 4.96. The number of hydrogen-bond acceptors (Lipinski definition) is 2. The van der Waals surface area contributed by atoms with Gasteiger partial charge in [-0.05, 0) is 37.1 Å². The van der Waals surface area contributed by atoms with E-state index in [1.54, 1.807) is 0 Å². The van der Waals surface area contributed by atoms with E-state index < -0.39 is 16.1 Å². The molecule has 0 heterocycles. The lowest BCUT2D eigenvalue weighted by molar-refractivity contribution is 0.958. The standard InChI is InChI=1S/C13H21NSi.C7H15ClSi.C6H7N/c1-4-15(2,3)12-8-11-14-13-9-6-5-7-10-13;1-4-9(2,3)7-5-6-8;7-6-4-2-1-3-5-6/h4-7,9-10,14H,1,8,11-12H2,2-3H3;4H,1,5-7H2,2-3H3;1-5H,7H2. The highest BCUT2D eigenvalue weighted by Gasteiger charge is 2.14. The van der Waals surface area contributed by atoms with Crippen LogP contribution >= 0.6 is 11.6 Å². The molecule has 0 amide bonds. The molecule has 0 fully saturated rings. The van der Waals surface area contributed by atoms with Crippen LogP contribution in [0.3, 0.4) is 0 Å². The molecule has 0 spiro atoms. The van der Waals surface area contributed by atoms with Gasteiger partial charge in [-0.2, -0.15) is 0 Å². The van der Waals surface area contributed by atoms with Crippen LogP contribution in [0.1, 0.15) is 12.8 Å². The molecular formula is C26H43ClN2Si2. The maximum Gasteiger partial charge on any atom is 0.0710 e. The van der Waals surface area contributed by atoms with Crippen LogP contribution in [0.4, 0.5) is 11.4 Å². The summed E-state index contributed by atoms with van der Waals surface area (Å²) in [5.41, 5.74) is 11.7. The van der Waals surface area contributed by atoms with Gasteiger partial charge in [0.25, 0.3) is 0 Å². The normalized spacial score (nSPS) is 10.6. The zero-order chi connectivity index (χ0) is 23.6.